The zero-order valence-electron chi connectivity index (χ0n) is 27.9. The minimum absolute atomic E-state index is 0.0430. The summed E-state index contributed by atoms with van der Waals surface area (Å²) in [6.07, 6.45) is 3.46. The Hall–Kier alpha value is -3.42. The SMILES string of the molecule is CC(C)C(=O)OC(/C=C/c1c(-c2ccc(F)cc2)nc(N(C)S(C)(=O)=O)nc1C(C)C)CC(CC1OCCCO1)OC(=O)C(C)C. The van der Waals surface area contributed by atoms with Gasteiger partial charge in [0, 0.05) is 31.0 Å². The zero-order chi connectivity index (χ0) is 34.2. The second kappa shape index (κ2) is 16.4. The van der Waals surface area contributed by atoms with Gasteiger partial charge < -0.3 is 18.9 Å². The number of carbonyl (C=O) groups is 2. The van der Waals surface area contributed by atoms with E-state index in [1.165, 1.54) is 19.2 Å². The van der Waals surface area contributed by atoms with Crippen LogP contribution in [0.2, 0.25) is 0 Å². The van der Waals surface area contributed by atoms with E-state index in [-0.39, 0.29) is 30.6 Å². The molecule has 2 atom stereocenters. The van der Waals surface area contributed by atoms with Crippen molar-refractivity contribution in [2.75, 3.05) is 30.8 Å². The zero-order valence-corrected chi connectivity index (χ0v) is 28.7. The summed E-state index contributed by atoms with van der Waals surface area (Å²) in [5.74, 6) is -2.33. The molecule has 0 N–H and O–H groups in total. The largest absolute Gasteiger partial charge is 0.462 e. The molecule has 1 aromatic carbocycles. The highest BCUT2D eigenvalue weighted by Crippen LogP contribution is 2.32. The van der Waals surface area contributed by atoms with Gasteiger partial charge in [0.05, 0.1) is 42.7 Å². The third kappa shape index (κ3) is 10.6. The lowest BCUT2D eigenvalue weighted by atomic mass is 9.97. The molecule has 3 rings (SSSR count). The summed E-state index contributed by atoms with van der Waals surface area (Å²) in [6.45, 7) is 11.8. The van der Waals surface area contributed by atoms with Gasteiger partial charge >= 0.3 is 11.9 Å². The average Bonchev–Trinajstić information content (AvgIpc) is 2.99. The molecule has 0 spiro atoms. The third-order valence-corrected chi connectivity index (χ3v) is 8.38. The van der Waals surface area contributed by atoms with Crippen LogP contribution in [-0.2, 0) is 38.6 Å². The predicted octanol–water partition coefficient (Wildman–Crippen LogP) is 5.49. The fourth-order valence-electron chi connectivity index (χ4n) is 4.49. The summed E-state index contributed by atoms with van der Waals surface area (Å²) in [7, 11) is -2.34. The van der Waals surface area contributed by atoms with Crippen molar-refractivity contribution in [2.24, 2.45) is 11.8 Å². The van der Waals surface area contributed by atoms with Crippen molar-refractivity contribution in [3.05, 3.63) is 47.4 Å². The van der Waals surface area contributed by atoms with E-state index in [1.54, 1.807) is 52.0 Å². The van der Waals surface area contributed by atoms with Crippen molar-refractivity contribution in [1.82, 2.24) is 9.97 Å². The van der Waals surface area contributed by atoms with Crippen molar-refractivity contribution >= 4 is 34.0 Å². The van der Waals surface area contributed by atoms with Crippen molar-refractivity contribution < 1.29 is 41.3 Å². The maximum Gasteiger partial charge on any atom is 0.308 e. The van der Waals surface area contributed by atoms with E-state index in [0.29, 0.717) is 35.7 Å². The second-order valence-corrected chi connectivity index (χ2v) is 14.3. The van der Waals surface area contributed by atoms with Crippen LogP contribution in [0.4, 0.5) is 10.3 Å². The minimum atomic E-state index is -3.70. The molecule has 254 valence electrons. The highest BCUT2D eigenvalue weighted by atomic mass is 32.2. The molecule has 2 heterocycles. The molecule has 1 aromatic heterocycles. The number of esters is 2. The first-order chi connectivity index (χ1) is 21.6. The molecule has 1 fully saturated rings. The van der Waals surface area contributed by atoms with Crippen LogP contribution in [-0.4, -0.2) is 75.3 Å². The normalized spacial score (nSPS) is 15.8. The number of ether oxygens (including phenoxy) is 4. The number of carbonyl (C=O) groups excluding carboxylic acids is 2. The summed E-state index contributed by atoms with van der Waals surface area (Å²) in [4.78, 5) is 34.7. The summed E-state index contributed by atoms with van der Waals surface area (Å²) in [5.41, 5.74) is 1.95. The number of aromatic nitrogens is 2. The maximum absolute atomic E-state index is 13.9. The van der Waals surface area contributed by atoms with Gasteiger partial charge in [0.1, 0.15) is 18.0 Å². The third-order valence-electron chi connectivity index (χ3n) is 7.22. The molecule has 11 nitrogen and oxygen atoms in total. The molecular formula is C33H46FN3O8S. The van der Waals surface area contributed by atoms with Crippen molar-refractivity contribution in [2.45, 2.75) is 85.2 Å². The average molecular weight is 664 g/mol. The Bertz CT molecular complexity index is 1470. The Morgan fingerprint density at radius 1 is 1.00 bits per heavy atom. The quantitative estimate of drug-likeness (QED) is 0.239. The van der Waals surface area contributed by atoms with Gasteiger partial charge in [-0.25, -0.2) is 27.1 Å². The molecule has 0 amide bonds. The molecule has 1 saturated heterocycles. The molecule has 0 aliphatic carbocycles. The molecule has 0 radical (unpaired) electrons. The fraction of sp³-hybridized carbons (Fsp3) is 0.576. The number of benzene rings is 1. The van der Waals surface area contributed by atoms with Crippen LogP contribution in [0, 0.1) is 17.7 Å². The Balaban J connectivity index is 2.12. The van der Waals surface area contributed by atoms with Crippen LogP contribution in [0.5, 0.6) is 0 Å². The highest BCUT2D eigenvalue weighted by Gasteiger charge is 2.29. The van der Waals surface area contributed by atoms with Gasteiger partial charge in [-0.15, -0.1) is 0 Å². The number of halogens is 1. The standard InChI is InChI=1S/C33H46FN3O8S/c1-20(2)29-27(30(23-10-12-24(34)13-11-23)36-33(35-29)37(7)46(8,40)41)15-14-25(44-31(38)21(3)4)18-26(45-32(39)22(5)6)19-28-42-16-9-17-43-28/h10-15,20-22,25-26,28H,9,16-19H2,1-8H3/b15-14+. The van der Waals surface area contributed by atoms with Gasteiger partial charge in [0.25, 0.3) is 0 Å². The van der Waals surface area contributed by atoms with Crippen molar-refractivity contribution in [1.29, 1.82) is 0 Å². The van der Waals surface area contributed by atoms with E-state index in [2.05, 4.69) is 9.97 Å². The van der Waals surface area contributed by atoms with Crippen LogP contribution in [0.15, 0.2) is 30.3 Å². The highest BCUT2D eigenvalue weighted by molar-refractivity contribution is 7.92. The van der Waals surface area contributed by atoms with Crippen LogP contribution in [0.1, 0.15) is 78.0 Å². The lowest BCUT2D eigenvalue weighted by molar-refractivity contribution is -0.198. The summed E-state index contributed by atoms with van der Waals surface area (Å²) >= 11 is 0. The number of rotatable bonds is 14. The summed E-state index contributed by atoms with van der Waals surface area (Å²) < 4.78 is 62.9. The molecule has 1 aliphatic rings. The lowest BCUT2D eigenvalue weighted by Gasteiger charge is -2.29. The first kappa shape index (κ1) is 37.0. The van der Waals surface area contributed by atoms with E-state index in [4.69, 9.17) is 18.9 Å². The number of sulfonamides is 1. The van der Waals surface area contributed by atoms with Gasteiger partial charge in [0.15, 0.2) is 6.29 Å². The van der Waals surface area contributed by atoms with E-state index in [1.807, 2.05) is 13.8 Å². The first-order valence-electron chi connectivity index (χ1n) is 15.5. The topological polar surface area (TPSA) is 134 Å². The fourth-order valence-corrected chi connectivity index (χ4v) is 4.87. The first-order valence-corrected chi connectivity index (χ1v) is 17.4. The summed E-state index contributed by atoms with van der Waals surface area (Å²) in [6, 6.07) is 5.67. The molecule has 46 heavy (non-hydrogen) atoms. The number of hydrogen-bond acceptors (Lipinski definition) is 10. The van der Waals surface area contributed by atoms with Gasteiger partial charge in [-0.3, -0.25) is 9.59 Å². The number of anilines is 1. The van der Waals surface area contributed by atoms with Gasteiger partial charge in [-0.2, -0.15) is 0 Å². The van der Waals surface area contributed by atoms with Gasteiger partial charge in [-0.05, 0) is 42.7 Å². The van der Waals surface area contributed by atoms with Crippen molar-refractivity contribution in [3.63, 3.8) is 0 Å². The molecular weight excluding hydrogens is 617 g/mol. The van der Waals surface area contributed by atoms with Crippen LogP contribution >= 0.6 is 0 Å². The molecule has 2 unspecified atom stereocenters. The minimum Gasteiger partial charge on any atom is -0.462 e. The van der Waals surface area contributed by atoms with E-state index >= 15 is 0 Å². The molecule has 0 bridgehead atoms. The molecule has 13 heteroatoms. The Morgan fingerprint density at radius 2 is 1.59 bits per heavy atom. The van der Waals surface area contributed by atoms with Gasteiger partial charge in [0.2, 0.25) is 16.0 Å². The smallest absolute Gasteiger partial charge is 0.308 e. The predicted molar refractivity (Wildman–Crippen MR) is 173 cm³/mol. The van der Waals surface area contributed by atoms with Crippen molar-refractivity contribution in [3.8, 4) is 11.3 Å². The second-order valence-electron chi connectivity index (χ2n) is 12.3. The maximum atomic E-state index is 13.9. The molecule has 0 saturated carbocycles. The van der Waals surface area contributed by atoms with E-state index in [9.17, 15) is 22.4 Å². The van der Waals surface area contributed by atoms with Gasteiger partial charge in [-0.1, -0.05) is 47.6 Å². The van der Waals surface area contributed by atoms with E-state index in [0.717, 1.165) is 17.0 Å². The summed E-state index contributed by atoms with van der Waals surface area (Å²) in [5, 5.41) is 0. The van der Waals surface area contributed by atoms with E-state index < -0.39 is 52.2 Å². The Morgan fingerprint density at radius 3 is 2.13 bits per heavy atom. The van der Waals surface area contributed by atoms with Crippen LogP contribution < -0.4 is 4.31 Å². The van der Waals surface area contributed by atoms with Crippen LogP contribution in [0.3, 0.4) is 0 Å². The van der Waals surface area contributed by atoms with Crippen LogP contribution in [0.25, 0.3) is 17.3 Å². The Labute approximate surface area is 271 Å². The number of nitrogens with zero attached hydrogens (tertiary/aromatic N) is 3. The monoisotopic (exact) mass is 663 g/mol. The Kier molecular flexibility index (Phi) is 13.2. The molecule has 1 aliphatic heterocycles. The molecule has 2 aromatic rings. The number of hydrogen-bond donors (Lipinski definition) is 0. The lowest BCUT2D eigenvalue weighted by Crippen LogP contribution is -2.34.